The highest BCUT2D eigenvalue weighted by Gasteiger charge is 2.24. The number of hydrogen-bond acceptors (Lipinski definition) is 5. The van der Waals surface area contributed by atoms with E-state index in [2.05, 4.69) is 10.2 Å². The third-order valence-corrected chi connectivity index (χ3v) is 4.48. The van der Waals surface area contributed by atoms with Gasteiger partial charge in [0.25, 0.3) is 0 Å². The molecule has 0 N–H and O–H groups in total. The molecule has 0 unspecified atom stereocenters. The number of aromatic nitrogens is 3. The molecule has 7 nitrogen and oxygen atoms in total. The number of hydrogen-bond donors (Lipinski definition) is 0. The summed E-state index contributed by atoms with van der Waals surface area (Å²) < 4.78 is 13.2. The summed E-state index contributed by atoms with van der Waals surface area (Å²) in [5.41, 5.74) is 0. The SMILES string of the molecule is O=C(COC[C@H]1CCCCO1)N1CCC(n2cnnc2)CC1. The Morgan fingerprint density at radius 1 is 1.18 bits per heavy atom. The summed E-state index contributed by atoms with van der Waals surface area (Å²) in [5, 5.41) is 7.67. The van der Waals surface area contributed by atoms with Crippen molar-refractivity contribution in [3.05, 3.63) is 12.7 Å². The highest BCUT2D eigenvalue weighted by Crippen LogP contribution is 2.21. The Labute approximate surface area is 130 Å². The lowest BCUT2D eigenvalue weighted by atomic mass is 10.1. The van der Waals surface area contributed by atoms with Gasteiger partial charge in [-0.1, -0.05) is 0 Å². The van der Waals surface area contributed by atoms with Crippen LogP contribution in [0.4, 0.5) is 0 Å². The predicted octanol–water partition coefficient (Wildman–Crippen LogP) is 1.03. The highest BCUT2D eigenvalue weighted by atomic mass is 16.5. The van der Waals surface area contributed by atoms with Gasteiger partial charge in [0.1, 0.15) is 19.3 Å². The van der Waals surface area contributed by atoms with E-state index in [1.807, 2.05) is 9.47 Å². The van der Waals surface area contributed by atoms with Crippen molar-refractivity contribution in [3.8, 4) is 0 Å². The molecule has 0 aromatic carbocycles. The van der Waals surface area contributed by atoms with E-state index in [0.717, 1.165) is 45.4 Å². The lowest BCUT2D eigenvalue weighted by Gasteiger charge is -2.32. The number of likely N-dealkylation sites (tertiary alicyclic amines) is 1. The van der Waals surface area contributed by atoms with Crippen LogP contribution in [0.2, 0.25) is 0 Å². The minimum Gasteiger partial charge on any atom is -0.376 e. The Hall–Kier alpha value is -1.47. The molecule has 22 heavy (non-hydrogen) atoms. The summed E-state index contributed by atoms with van der Waals surface area (Å²) in [6.45, 7) is 3.05. The van der Waals surface area contributed by atoms with Gasteiger partial charge in [0, 0.05) is 25.7 Å². The van der Waals surface area contributed by atoms with Gasteiger partial charge in [-0.2, -0.15) is 0 Å². The van der Waals surface area contributed by atoms with Crippen LogP contribution in [0.25, 0.3) is 0 Å². The topological polar surface area (TPSA) is 69.5 Å². The lowest BCUT2D eigenvalue weighted by molar-refractivity contribution is -0.139. The lowest BCUT2D eigenvalue weighted by Crippen LogP contribution is -2.41. The van der Waals surface area contributed by atoms with E-state index in [1.54, 1.807) is 12.7 Å². The van der Waals surface area contributed by atoms with E-state index < -0.39 is 0 Å². The van der Waals surface area contributed by atoms with Gasteiger partial charge in [-0.25, -0.2) is 0 Å². The van der Waals surface area contributed by atoms with Crippen molar-refractivity contribution in [2.45, 2.75) is 44.2 Å². The van der Waals surface area contributed by atoms with Gasteiger partial charge in [0.05, 0.1) is 12.7 Å². The molecule has 122 valence electrons. The molecule has 2 saturated heterocycles. The smallest absolute Gasteiger partial charge is 0.248 e. The van der Waals surface area contributed by atoms with Crippen molar-refractivity contribution < 1.29 is 14.3 Å². The molecule has 0 radical (unpaired) electrons. The summed E-state index contributed by atoms with van der Waals surface area (Å²) in [6.07, 6.45) is 8.91. The van der Waals surface area contributed by atoms with E-state index in [0.29, 0.717) is 12.6 Å². The number of nitrogens with zero attached hydrogens (tertiary/aromatic N) is 4. The zero-order chi connectivity index (χ0) is 15.2. The molecule has 0 aliphatic carbocycles. The molecule has 0 bridgehead atoms. The average Bonchev–Trinajstić information content (AvgIpc) is 3.10. The Kier molecular flexibility index (Phi) is 5.39. The van der Waals surface area contributed by atoms with Crippen LogP contribution in [-0.4, -0.2) is 64.6 Å². The number of ether oxygens (including phenoxy) is 2. The van der Waals surface area contributed by atoms with Gasteiger partial charge in [-0.15, -0.1) is 10.2 Å². The van der Waals surface area contributed by atoms with Gasteiger partial charge >= 0.3 is 0 Å². The van der Waals surface area contributed by atoms with Crippen molar-refractivity contribution in [2.75, 3.05) is 32.9 Å². The monoisotopic (exact) mass is 308 g/mol. The summed E-state index contributed by atoms with van der Waals surface area (Å²) in [6, 6.07) is 0.399. The molecule has 2 aliphatic rings. The van der Waals surface area contributed by atoms with Gasteiger partial charge in [0.15, 0.2) is 0 Å². The highest BCUT2D eigenvalue weighted by molar-refractivity contribution is 5.77. The number of carbonyl (C=O) groups excluding carboxylic acids is 1. The first-order chi connectivity index (χ1) is 10.8. The fourth-order valence-electron chi connectivity index (χ4n) is 3.12. The van der Waals surface area contributed by atoms with Crippen molar-refractivity contribution in [1.29, 1.82) is 0 Å². The average molecular weight is 308 g/mol. The van der Waals surface area contributed by atoms with Crippen molar-refractivity contribution in [2.24, 2.45) is 0 Å². The van der Waals surface area contributed by atoms with Crippen LogP contribution in [0.3, 0.4) is 0 Å². The quantitative estimate of drug-likeness (QED) is 0.812. The Bertz CT molecular complexity index is 451. The van der Waals surface area contributed by atoms with Crippen LogP contribution in [-0.2, 0) is 14.3 Å². The molecule has 3 rings (SSSR count). The van der Waals surface area contributed by atoms with Crippen LogP contribution in [0.15, 0.2) is 12.7 Å². The Balaban J connectivity index is 1.35. The maximum atomic E-state index is 12.2. The minimum atomic E-state index is 0.0815. The summed E-state index contributed by atoms with van der Waals surface area (Å²) in [7, 11) is 0. The normalized spacial score (nSPS) is 23.6. The van der Waals surface area contributed by atoms with Crippen LogP contribution < -0.4 is 0 Å². The number of carbonyl (C=O) groups is 1. The maximum absolute atomic E-state index is 12.2. The third kappa shape index (κ3) is 4.04. The van der Waals surface area contributed by atoms with Crippen molar-refractivity contribution >= 4 is 5.91 Å². The van der Waals surface area contributed by atoms with Crippen molar-refractivity contribution in [3.63, 3.8) is 0 Å². The van der Waals surface area contributed by atoms with Gasteiger partial charge in [-0.05, 0) is 32.1 Å². The zero-order valence-electron chi connectivity index (χ0n) is 12.9. The molecule has 1 amide bonds. The molecule has 0 spiro atoms. The number of piperidine rings is 1. The Morgan fingerprint density at radius 3 is 2.64 bits per heavy atom. The molecule has 1 aromatic rings. The predicted molar refractivity (Wildman–Crippen MR) is 79.3 cm³/mol. The second-order valence-corrected chi connectivity index (χ2v) is 6.02. The maximum Gasteiger partial charge on any atom is 0.248 e. The standard InChI is InChI=1S/C15H24N4O3/c20-15(10-21-9-14-3-1-2-8-22-14)18-6-4-13(5-7-18)19-11-16-17-12-19/h11-14H,1-10H2/t14-/m1/s1. The molecule has 0 saturated carbocycles. The van der Waals surface area contributed by atoms with Crippen molar-refractivity contribution in [1.82, 2.24) is 19.7 Å². The van der Waals surface area contributed by atoms with Gasteiger partial charge < -0.3 is 18.9 Å². The second-order valence-electron chi connectivity index (χ2n) is 6.02. The molecule has 2 aliphatic heterocycles. The molecule has 1 atom stereocenters. The van der Waals surface area contributed by atoms with E-state index >= 15 is 0 Å². The molecule has 3 heterocycles. The van der Waals surface area contributed by atoms with Crippen LogP contribution in [0, 0.1) is 0 Å². The third-order valence-electron chi connectivity index (χ3n) is 4.48. The first-order valence-electron chi connectivity index (χ1n) is 8.14. The summed E-state index contributed by atoms with van der Waals surface area (Å²) in [5.74, 6) is 0.0815. The van der Waals surface area contributed by atoms with E-state index in [9.17, 15) is 4.79 Å². The number of amides is 1. The van der Waals surface area contributed by atoms with Crippen LogP contribution in [0.1, 0.15) is 38.1 Å². The van der Waals surface area contributed by atoms with E-state index in [-0.39, 0.29) is 18.6 Å². The summed E-state index contributed by atoms with van der Waals surface area (Å²) >= 11 is 0. The van der Waals surface area contributed by atoms with Crippen LogP contribution in [0.5, 0.6) is 0 Å². The Morgan fingerprint density at radius 2 is 1.95 bits per heavy atom. The number of rotatable bonds is 5. The molecule has 2 fully saturated rings. The molecule has 1 aromatic heterocycles. The van der Waals surface area contributed by atoms with E-state index in [4.69, 9.17) is 9.47 Å². The molecular formula is C15H24N4O3. The minimum absolute atomic E-state index is 0.0815. The second kappa shape index (κ2) is 7.69. The molecule has 7 heteroatoms. The van der Waals surface area contributed by atoms with Gasteiger partial charge in [-0.3, -0.25) is 4.79 Å². The summed E-state index contributed by atoms with van der Waals surface area (Å²) in [4.78, 5) is 14.1. The zero-order valence-corrected chi connectivity index (χ0v) is 12.9. The van der Waals surface area contributed by atoms with Crippen LogP contribution >= 0.6 is 0 Å². The molecular weight excluding hydrogens is 284 g/mol. The fraction of sp³-hybridized carbons (Fsp3) is 0.800. The first-order valence-corrected chi connectivity index (χ1v) is 8.14. The van der Waals surface area contributed by atoms with E-state index in [1.165, 1.54) is 6.42 Å². The van der Waals surface area contributed by atoms with Gasteiger partial charge in [0.2, 0.25) is 5.91 Å². The first kappa shape index (κ1) is 15.4. The largest absolute Gasteiger partial charge is 0.376 e. The fourth-order valence-corrected chi connectivity index (χ4v) is 3.12.